The molecule has 5 heteroatoms. The fraction of sp³-hybridized carbons (Fsp3) is 0.438. The van der Waals surface area contributed by atoms with Crippen molar-refractivity contribution in [3.05, 3.63) is 47.0 Å². The molecular formula is C16H22ClN3O. The van der Waals surface area contributed by atoms with Crippen LogP contribution in [0.3, 0.4) is 0 Å². The van der Waals surface area contributed by atoms with Crippen LogP contribution in [0.25, 0.3) is 0 Å². The van der Waals surface area contributed by atoms with Crippen molar-refractivity contribution in [2.45, 2.75) is 33.4 Å². The van der Waals surface area contributed by atoms with Gasteiger partial charge < -0.3 is 14.6 Å². The van der Waals surface area contributed by atoms with E-state index in [1.54, 1.807) is 6.20 Å². The summed E-state index contributed by atoms with van der Waals surface area (Å²) in [4.78, 5) is 4.20. The van der Waals surface area contributed by atoms with E-state index in [9.17, 15) is 0 Å². The highest BCUT2D eigenvalue weighted by molar-refractivity contribution is 6.32. The van der Waals surface area contributed by atoms with E-state index in [2.05, 4.69) is 21.8 Å². The fourth-order valence-electron chi connectivity index (χ4n) is 2.14. The predicted octanol–water partition coefficient (Wildman–Crippen LogP) is 3.42. The molecular weight excluding hydrogens is 286 g/mol. The Morgan fingerprint density at radius 1 is 1.38 bits per heavy atom. The third kappa shape index (κ3) is 4.48. The number of nitrogens with zero attached hydrogens (tertiary/aromatic N) is 2. The van der Waals surface area contributed by atoms with Gasteiger partial charge in [-0.3, -0.25) is 0 Å². The van der Waals surface area contributed by atoms with Gasteiger partial charge in [0.05, 0.1) is 11.6 Å². The van der Waals surface area contributed by atoms with E-state index in [0.29, 0.717) is 11.6 Å². The van der Waals surface area contributed by atoms with Crippen molar-refractivity contribution in [3.63, 3.8) is 0 Å². The van der Waals surface area contributed by atoms with E-state index in [1.165, 1.54) is 0 Å². The maximum Gasteiger partial charge on any atom is 0.142 e. The molecule has 1 aromatic heterocycles. The molecule has 0 spiro atoms. The van der Waals surface area contributed by atoms with Crippen LogP contribution in [0.15, 0.2) is 30.6 Å². The van der Waals surface area contributed by atoms with E-state index in [-0.39, 0.29) is 0 Å². The number of imidazole rings is 1. The van der Waals surface area contributed by atoms with E-state index >= 15 is 0 Å². The van der Waals surface area contributed by atoms with E-state index in [0.717, 1.165) is 43.2 Å². The Kier molecular flexibility index (Phi) is 6.08. The highest BCUT2D eigenvalue weighted by Crippen LogP contribution is 2.28. The normalized spacial score (nSPS) is 10.8. The number of nitrogens with one attached hydrogen (secondary N) is 1. The van der Waals surface area contributed by atoms with Gasteiger partial charge in [-0.15, -0.1) is 0 Å². The SMILES string of the molecule is CCCNCc1cccc(Cl)c1OCCn1ccnc1C. The number of para-hydroxylation sites is 1. The van der Waals surface area contributed by atoms with Crippen molar-refractivity contribution < 1.29 is 4.74 Å². The first kappa shape index (κ1) is 15.9. The minimum Gasteiger partial charge on any atom is -0.490 e. The Balaban J connectivity index is 1.96. The predicted molar refractivity (Wildman–Crippen MR) is 85.9 cm³/mol. The van der Waals surface area contributed by atoms with Crippen molar-refractivity contribution >= 4 is 11.6 Å². The Morgan fingerprint density at radius 2 is 2.24 bits per heavy atom. The lowest BCUT2D eigenvalue weighted by molar-refractivity contribution is 0.293. The summed E-state index contributed by atoms with van der Waals surface area (Å²) in [6.07, 6.45) is 4.86. The van der Waals surface area contributed by atoms with Crippen molar-refractivity contribution in [2.75, 3.05) is 13.2 Å². The second-order valence-electron chi connectivity index (χ2n) is 4.92. The van der Waals surface area contributed by atoms with Crippen LogP contribution in [0.4, 0.5) is 0 Å². The van der Waals surface area contributed by atoms with Crippen molar-refractivity contribution in [3.8, 4) is 5.75 Å². The van der Waals surface area contributed by atoms with Gasteiger partial charge in [-0.05, 0) is 26.0 Å². The topological polar surface area (TPSA) is 39.1 Å². The highest BCUT2D eigenvalue weighted by atomic mass is 35.5. The van der Waals surface area contributed by atoms with Crippen molar-refractivity contribution in [1.82, 2.24) is 14.9 Å². The molecule has 0 amide bonds. The second-order valence-corrected chi connectivity index (χ2v) is 5.33. The molecule has 1 aromatic carbocycles. The van der Waals surface area contributed by atoms with Crippen LogP contribution in [0, 0.1) is 6.92 Å². The van der Waals surface area contributed by atoms with E-state index < -0.39 is 0 Å². The molecule has 0 aliphatic heterocycles. The number of ether oxygens (including phenoxy) is 1. The van der Waals surface area contributed by atoms with Crippen molar-refractivity contribution in [1.29, 1.82) is 0 Å². The van der Waals surface area contributed by atoms with Gasteiger partial charge in [-0.25, -0.2) is 4.98 Å². The first-order chi connectivity index (χ1) is 10.2. The van der Waals surface area contributed by atoms with Crippen LogP contribution in [-0.2, 0) is 13.1 Å². The average Bonchev–Trinajstić information content (AvgIpc) is 2.87. The molecule has 2 rings (SSSR count). The van der Waals surface area contributed by atoms with Gasteiger partial charge >= 0.3 is 0 Å². The molecule has 0 aliphatic rings. The number of aromatic nitrogens is 2. The summed E-state index contributed by atoms with van der Waals surface area (Å²) in [7, 11) is 0. The molecule has 0 atom stereocenters. The molecule has 0 bridgehead atoms. The van der Waals surface area contributed by atoms with Crippen LogP contribution in [-0.4, -0.2) is 22.7 Å². The summed E-state index contributed by atoms with van der Waals surface area (Å²) in [6, 6.07) is 5.87. The molecule has 0 saturated heterocycles. The lowest BCUT2D eigenvalue weighted by atomic mass is 10.2. The standard InChI is InChI=1S/C16H22ClN3O/c1-3-7-18-12-14-5-4-6-15(17)16(14)21-11-10-20-9-8-19-13(20)2/h4-6,8-9,18H,3,7,10-12H2,1-2H3. The van der Waals surface area contributed by atoms with Gasteiger partial charge in [0.15, 0.2) is 0 Å². The molecule has 1 heterocycles. The Bertz CT molecular complexity index is 568. The van der Waals surface area contributed by atoms with Crippen LogP contribution >= 0.6 is 11.6 Å². The first-order valence-electron chi connectivity index (χ1n) is 7.31. The van der Waals surface area contributed by atoms with E-state index in [1.807, 2.05) is 31.3 Å². The summed E-state index contributed by atoms with van der Waals surface area (Å²) in [5, 5.41) is 4.04. The molecule has 0 radical (unpaired) electrons. The lowest BCUT2D eigenvalue weighted by Crippen LogP contribution is -2.16. The number of hydrogen-bond donors (Lipinski definition) is 1. The van der Waals surface area contributed by atoms with Crippen LogP contribution in [0.1, 0.15) is 24.7 Å². The highest BCUT2D eigenvalue weighted by Gasteiger charge is 2.08. The molecule has 21 heavy (non-hydrogen) atoms. The van der Waals surface area contributed by atoms with Crippen LogP contribution < -0.4 is 10.1 Å². The number of benzene rings is 1. The van der Waals surface area contributed by atoms with Gasteiger partial charge in [0.1, 0.15) is 18.2 Å². The maximum atomic E-state index is 6.26. The molecule has 114 valence electrons. The number of hydrogen-bond acceptors (Lipinski definition) is 3. The smallest absolute Gasteiger partial charge is 0.142 e. The summed E-state index contributed by atoms with van der Waals surface area (Å²) in [5.41, 5.74) is 1.10. The second kappa shape index (κ2) is 8.05. The van der Waals surface area contributed by atoms with Gasteiger partial charge in [0, 0.05) is 24.5 Å². The van der Waals surface area contributed by atoms with Crippen LogP contribution in [0.2, 0.25) is 5.02 Å². The fourth-order valence-corrected chi connectivity index (χ4v) is 2.39. The third-order valence-corrected chi connectivity index (χ3v) is 3.59. The molecule has 4 nitrogen and oxygen atoms in total. The zero-order valence-electron chi connectivity index (χ0n) is 12.6. The Morgan fingerprint density at radius 3 is 2.95 bits per heavy atom. The lowest BCUT2D eigenvalue weighted by Gasteiger charge is -2.14. The third-order valence-electron chi connectivity index (χ3n) is 3.29. The number of halogens is 1. The van der Waals surface area contributed by atoms with Gasteiger partial charge in [-0.1, -0.05) is 30.7 Å². The monoisotopic (exact) mass is 307 g/mol. The van der Waals surface area contributed by atoms with E-state index in [4.69, 9.17) is 16.3 Å². The zero-order valence-corrected chi connectivity index (χ0v) is 13.4. The molecule has 0 fully saturated rings. The quantitative estimate of drug-likeness (QED) is 0.760. The number of aryl methyl sites for hydroxylation is 1. The summed E-state index contributed by atoms with van der Waals surface area (Å²) in [6.45, 7) is 7.22. The largest absolute Gasteiger partial charge is 0.490 e. The molecule has 0 unspecified atom stereocenters. The molecule has 0 aliphatic carbocycles. The minimum atomic E-state index is 0.571. The Labute approximate surface area is 131 Å². The summed E-state index contributed by atoms with van der Waals surface area (Å²) < 4.78 is 7.97. The maximum absolute atomic E-state index is 6.26. The minimum absolute atomic E-state index is 0.571. The average molecular weight is 308 g/mol. The molecule has 2 aromatic rings. The Hall–Kier alpha value is -1.52. The number of rotatable bonds is 8. The van der Waals surface area contributed by atoms with Gasteiger partial charge in [0.25, 0.3) is 0 Å². The van der Waals surface area contributed by atoms with Crippen molar-refractivity contribution in [2.24, 2.45) is 0 Å². The first-order valence-corrected chi connectivity index (χ1v) is 7.68. The summed E-state index contributed by atoms with van der Waals surface area (Å²) in [5.74, 6) is 1.77. The van der Waals surface area contributed by atoms with Gasteiger partial charge in [0.2, 0.25) is 0 Å². The van der Waals surface area contributed by atoms with Crippen LogP contribution in [0.5, 0.6) is 5.75 Å². The van der Waals surface area contributed by atoms with Gasteiger partial charge in [-0.2, -0.15) is 0 Å². The molecule has 1 N–H and O–H groups in total. The zero-order chi connectivity index (χ0) is 15.1. The summed E-state index contributed by atoms with van der Waals surface area (Å²) >= 11 is 6.26. The molecule has 0 saturated carbocycles.